The zero-order chi connectivity index (χ0) is 10.0. The van der Waals surface area contributed by atoms with Crippen LogP contribution in [-0.2, 0) is 0 Å². The van der Waals surface area contributed by atoms with Crippen molar-refractivity contribution in [2.24, 2.45) is 0 Å². The highest BCUT2D eigenvalue weighted by molar-refractivity contribution is 5.50. The first-order valence-electron chi connectivity index (χ1n) is 3.41. The van der Waals surface area contributed by atoms with E-state index >= 15 is 0 Å². The van der Waals surface area contributed by atoms with Crippen molar-refractivity contribution in [2.45, 2.75) is 6.92 Å². The lowest BCUT2D eigenvalue weighted by Crippen LogP contribution is -1.95. The van der Waals surface area contributed by atoms with Crippen LogP contribution in [0.15, 0.2) is 12.1 Å². The summed E-state index contributed by atoms with van der Waals surface area (Å²) in [5.74, 6) is -0.675. The topological polar surface area (TPSA) is 66.9 Å². The second-order valence-electron chi connectivity index (χ2n) is 2.49. The Balaban J connectivity index is 3.44. The van der Waals surface area contributed by atoms with E-state index in [2.05, 4.69) is 0 Å². The summed E-state index contributed by atoms with van der Waals surface area (Å²) in [7, 11) is 0. The third kappa shape index (κ3) is 1.62. The molecule has 13 heavy (non-hydrogen) atoms. The quantitative estimate of drug-likeness (QED) is 0.489. The van der Waals surface area contributed by atoms with Crippen LogP contribution in [-0.4, -0.2) is 4.92 Å². The number of halogens is 1. The van der Waals surface area contributed by atoms with Crippen molar-refractivity contribution in [1.29, 1.82) is 5.26 Å². The van der Waals surface area contributed by atoms with Crippen LogP contribution in [0.2, 0.25) is 0 Å². The maximum Gasteiger partial charge on any atom is 0.290 e. The van der Waals surface area contributed by atoms with Crippen LogP contribution < -0.4 is 0 Å². The molecule has 0 fully saturated rings. The van der Waals surface area contributed by atoms with Gasteiger partial charge in [0.2, 0.25) is 0 Å². The van der Waals surface area contributed by atoms with Crippen LogP contribution in [0.25, 0.3) is 0 Å². The highest BCUT2D eigenvalue weighted by atomic mass is 19.1. The standard InChI is InChI=1S/C8H5FN2O2/c1-5-2-6(4-10)8(11(12)13)3-7(5)9/h2-3H,1H3. The maximum absolute atomic E-state index is 12.8. The van der Waals surface area contributed by atoms with Gasteiger partial charge in [-0.25, -0.2) is 4.39 Å². The molecular formula is C8H5FN2O2. The Bertz CT molecular complexity index is 409. The molecule has 0 N–H and O–H groups in total. The minimum absolute atomic E-state index is 0.121. The Morgan fingerprint density at radius 3 is 2.69 bits per heavy atom. The van der Waals surface area contributed by atoms with E-state index in [-0.39, 0.29) is 11.1 Å². The predicted octanol–water partition coefficient (Wildman–Crippen LogP) is 1.91. The fourth-order valence-corrected chi connectivity index (χ4v) is 0.912. The molecule has 0 saturated carbocycles. The number of aryl methyl sites for hydroxylation is 1. The summed E-state index contributed by atoms with van der Waals surface area (Å²) >= 11 is 0. The molecule has 0 amide bonds. The molecule has 0 bridgehead atoms. The number of benzene rings is 1. The summed E-state index contributed by atoms with van der Waals surface area (Å²) in [5, 5.41) is 18.8. The molecule has 1 rings (SSSR count). The Hall–Kier alpha value is -1.96. The summed E-state index contributed by atoms with van der Waals surface area (Å²) in [6.45, 7) is 1.44. The van der Waals surface area contributed by atoms with E-state index in [4.69, 9.17) is 5.26 Å². The number of nitro benzene ring substituents is 1. The molecule has 0 radical (unpaired) electrons. The Labute approximate surface area is 73.4 Å². The fraction of sp³-hybridized carbons (Fsp3) is 0.125. The molecule has 0 atom stereocenters. The predicted molar refractivity (Wildman–Crippen MR) is 42.5 cm³/mol. The monoisotopic (exact) mass is 180 g/mol. The number of rotatable bonds is 1. The van der Waals surface area contributed by atoms with Crippen molar-refractivity contribution in [3.05, 3.63) is 39.2 Å². The molecule has 0 saturated heterocycles. The Morgan fingerprint density at radius 1 is 1.62 bits per heavy atom. The molecule has 66 valence electrons. The minimum atomic E-state index is -0.777. The van der Waals surface area contributed by atoms with E-state index < -0.39 is 16.4 Å². The number of nitriles is 1. The second kappa shape index (κ2) is 3.19. The largest absolute Gasteiger partial charge is 0.290 e. The lowest BCUT2D eigenvalue weighted by molar-refractivity contribution is -0.385. The fourth-order valence-electron chi connectivity index (χ4n) is 0.912. The molecule has 4 nitrogen and oxygen atoms in total. The van der Waals surface area contributed by atoms with Crippen LogP contribution in [0.5, 0.6) is 0 Å². The Kier molecular flexibility index (Phi) is 2.24. The molecule has 1 aromatic carbocycles. The number of hydrogen-bond acceptors (Lipinski definition) is 3. The summed E-state index contributed by atoms with van der Waals surface area (Å²) in [5.41, 5.74) is -0.392. The van der Waals surface area contributed by atoms with Crippen molar-refractivity contribution in [2.75, 3.05) is 0 Å². The zero-order valence-corrected chi connectivity index (χ0v) is 6.74. The van der Waals surface area contributed by atoms with Crippen molar-refractivity contribution >= 4 is 5.69 Å². The maximum atomic E-state index is 12.8. The molecular weight excluding hydrogens is 175 g/mol. The average Bonchev–Trinajstić information content (AvgIpc) is 2.08. The number of hydrogen-bond donors (Lipinski definition) is 0. The van der Waals surface area contributed by atoms with E-state index in [0.29, 0.717) is 0 Å². The molecule has 0 aliphatic heterocycles. The minimum Gasteiger partial charge on any atom is -0.258 e. The third-order valence-electron chi connectivity index (χ3n) is 1.59. The van der Waals surface area contributed by atoms with Gasteiger partial charge in [0.25, 0.3) is 5.69 Å². The van der Waals surface area contributed by atoms with Gasteiger partial charge in [-0.1, -0.05) is 0 Å². The third-order valence-corrected chi connectivity index (χ3v) is 1.59. The second-order valence-corrected chi connectivity index (χ2v) is 2.49. The zero-order valence-electron chi connectivity index (χ0n) is 6.74. The van der Waals surface area contributed by atoms with Crippen LogP contribution in [0, 0.1) is 34.2 Å². The van der Waals surface area contributed by atoms with Gasteiger partial charge < -0.3 is 0 Å². The first-order valence-corrected chi connectivity index (χ1v) is 3.41. The average molecular weight is 180 g/mol. The molecule has 0 aliphatic rings. The van der Waals surface area contributed by atoms with Crippen LogP contribution in [0.3, 0.4) is 0 Å². The van der Waals surface area contributed by atoms with Crippen molar-refractivity contribution in [1.82, 2.24) is 0 Å². The van der Waals surface area contributed by atoms with E-state index in [0.717, 1.165) is 12.1 Å². The van der Waals surface area contributed by atoms with Crippen LogP contribution in [0.4, 0.5) is 10.1 Å². The molecule has 5 heteroatoms. The number of nitro groups is 1. The summed E-state index contributed by atoms with van der Waals surface area (Å²) in [4.78, 5) is 9.56. The Morgan fingerprint density at radius 2 is 2.23 bits per heavy atom. The smallest absolute Gasteiger partial charge is 0.258 e. The summed E-state index contributed by atoms with van der Waals surface area (Å²) < 4.78 is 12.8. The highest BCUT2D eigenvalue weighted by Gasteiger charge is 2.16. The first kappa shape index (κ1) is 9.13. The lowest BCUT2D eigenvalue weighted by atomic mass is 10.1. The van der Waals surface area contributed by atoms with Crippen LogP contribution in [0.1, 0.15) is 11.1 Å². The number of nitrogens with zero attached hydrogens (tertiary/aromatic N) is 2. The van der Waals surface area contributed by atoms with E-state index in [1.165, 1.54) is 6.92 Å². The van der Waals surface area contributed by atoms with Gasteiger partial charge in [-0.3, -0.25) is 10.1 Å². The molecule has 1 aromatic rings. The van der Waals surface area contributed by atoms with Crippen LogP contribution >= 0.6 is 0 Å². The van der Waals surface area contributed by atoms with Gasteiger partial charge in [-0.05, 0) is 18.6 Å². The van der Waals surface area contributed by atoms with Gasteiger partial charge in [0.1, 0.15) is 17.4 Å². The first-order chi connectivity index (χ1) is 6.06. The molecule has 0 unspecified atom stereocenters. The van der Waals surface area contributed by atoms with E-state index in [1.807, 2.05) is 0 Å². The summed E-state index contributed by atoms with van der Waals surface area (Å²) in [6, 6.07) is 3.55. The molecule has 0 spiro atoms. The van der Waals surface area contributed by atoms with Crippen molar-refractivity contribution in [3.63, 3.8) is 0 Å². The van der Waals surface area contributed by atoms with E-state index in [1.54, 1.807) is 6.07 Å². The highest BCUT2D eigenvalue weighted by Crippen LogP contribution is 2.21. The van der Waals surface area contributed by atoms with Gasteiger partial charge in [0.15, 0.2) is 0 Å². The van der Waals surface area contributed by atoms with Gasteiger partial charge in [-0.15, -0.1) is 0 Å². The van der Waals surface area contributed by atoms with Crippen molar-refractivity contribution < 1.29 is 9.31 Å². The van der Waals surface area contributed by atoms with E-state index in [9.17, 15) is 14.5 Å². The lowest BCUT2D eigenvalue weighted by Gasteiger charge is -1.97. The van der Waals surface area contributed by atoms with Gasteiger partial charge in [0, 0.05) is 0 Å². The van der Waals surface area contributed by atoms with Gasteiger partial charge >= 0.3 is 0 Å². The van der Waals surface area contributed by atoms with Crippen molar-refractivity contribution in [3.8, 4) is 6.07 Å². The molecule has 0 aromatic heterocycles. The summed E-state index contributed by atoms with van der Waals surface area (Å²) in [6.07, 6.45) is 0. The molecule has 0 aliphatic carbocycles. The van der Waals surface area contributed by atoms with Gasteiger partial charge in [0.05, 0.1) is 11.0 Å². The van der Waals surface area contributed by atoms with Gasteiger partial charge in [-0.2, -0.15) is 5.26 Å². The normalized spacial score (nSPS) is 9.31. The molecule has 0 heterocycles. The SMILES string of the molecule is Cc1cc(C#N)c([N+](=O)[O-])cc1F.